The Bertz CT molecular complexity index is 1230. The van der Waals surface area contributed by atoms with E-state index in [2.05, 4.69) is 15.3 Å². The Hall–Kier alpha value is -3.80. The van der Waals surface area contributed by atoms with Crippen molar-refractivity contribution in [3.63, 3.8) is 0 Å². The molecule has 0 fully saturated rings. The van der Waals surface area contributed by atoms with E-state index in [-0.39, 0.29) is 11.7 Å². The minimum absolute atomic E-state index is 0.220. The van der Waals surface area contributed by atoms with E-state index in [1.165, 1.54) is 18.2 Å². The number of carbonyl (C=O) groups is 1. The number of rotatable bonds is 4. The number of pyridine rings is 1. The van der Waals surface area contributed by atoms with Crippen LogP contribution < -0.4 is 5.32 Å². The average Bonchev–Trinajstić information content (AvgIpc) is 3.04. The molecule has 0 radical (unpaired) electrons. The standard InChI is InChI=1S/C23H19FN4O/c1-15-12-17(23-27-20-13-18(24)7-9-21(20)28(23)2)6-8-19(15)26-22(29)10-5-16-4-3-11-25-14-16/h3-14H,1-2H3,(H,26,29)/b10-5+. The Morgan fingerprint density at radius 2 is 2.03 bits per heavy atom. The molecule has 4 aromatic rings. The molecule has 144 valence electrons. The maximum Gasteiger partial charge on any atom is 0.248 e. The van der Waals surface area contributed by atoms with Gasteiger partial charge in [0.15, 0.2) is 0 Å². The number of halogens is 1. The van der Waals surface area contributed by atoms with Crippen LogP contribution in [0, 0.1) is 12.7 Å². The summed E-state index contributed by atoms with van der Waals surface area (Å²) in [5.74, 6) is 0.210. The van der Waals surface area contributed by atoms with E-state index in [0.29, 0.717) is 5.52 Å². The van der Waals surface area contributed by atoms with Crippen molar-refractivity contribution in [1.29, 1.82) is 0 Å². The minimum atomic E-state index is -0.310. The van der Waals surface area contributed by atoms with Gasteiger partial charge in [-0.15, -0.1) is 0 Å². The lowest BCUT2D eigenvalue weighted by atomic mass is 10.1. The van der Waals surface area contributed by atoms with Crippen LogP contribution in [-0.2, 0) is 11.8 Å². The summed E-state index contributed by atoms with van der Waals surface area (Å²) in [6.45, 7) is 1.92. The van der Waals surface area contributed by atoms with Gasteiger partial charge in [-0.3, -0.25) is 9.78 Å². The van der Waals surface area contributed by atoms with Crippen LogP contribution in [0.3, 0.4) is 0 Å². The number of benzene rings is 2. The fourth-order valence-corrected chi connectivity index (χ4v) is 3.20. The summed E-state index contributed by atoms with van der Waals surface area (Å²) in [6.07, 6.45) is 6.56. The van der Waals surface area contributed by atoms with Crippen molar-refractivity contribution in [2.75, 3.05) is 5.32 Å². The molecule has 6 heteroatoms. The number of aromatic nitrogens is 3. The van der Waals surface area contributed by atoms with Gasteiger partial charge in [0.2, 0.25) is 5.91 Å². The molecule has 0 aliphatic rings. The monoisotopic (exact) mass is 386 g/mol. The molecule has 0 saturated carbocycles. The van der Waals surface area contributed by atoms with E-state index >= 15 is 0 Å². The van der Waals surface area contributed by atoms with E-state index in [9.17, 15) is 9.18 Å². The summed E-state index contributed by atoms with van der Waals surface area (Å²) in [7, 11) is 1.90. The third-order valence-electron chi connectivity index (χ3n) is 4.70. The first-order valence-electron chi connectivity index (χ1n) is 9.13. The van der Waals surface area contributed by atoms with Crippen molar-refractivity contribution in [2.24, 2.45) is 7.05 Å². The fourth-order valence-electron chi connectivity index (χ4n) is 3.20. The molecule has 0 aliphatic heterocycles. The lowest BCUT2D eigenvalue weighted by Gasteiger charge is -2.09. The Morgan fingerprint density at radius 1 is 1.17 bits per heavy atom. The fraction of sp³-hybridized carbons (Fsp3) is 0.0870. The topological polar surface area (TPSA) is 59.8 Å². The molecule has 5 nitrogen and oxygen atoms in total. The highest BCUT2D eigenvalue weighted by Crippen LogP contribution is 2.27. The molecular formula is C23H19FN4O. The number of anilines is 1. The van der Waals surface area contributed by atoms with Gasteiger partial charge in [0.1, 0.15) is 11.6 Å². The van der Waals surface area contributed by atoms with Gasteiger partial charge < -0.3 is 9.88 Å². The number of fused-ring (bicyclic) bond motifs is 1. The maximum absolute atomic E-state index is 13.5. The van der Waals surface area contributed by atoms with Crippen LogP contribution in [0.2, 0.25) is 0 Å². The summed E-state index contributed by atoms with van der Waals surface area (Å²) in [5, 5.41) is 2.88. The predicted molar refractivity (Wildman–Crippen MR) is 113 cm³/mol. The first-order valence-corrected chi connectivity index (χ1v) is 9.13. The van der Waals surface area contributed by atoms with Gasteiger partial charge in [-0.2, -0.15) is 0 Å². The third-order valence-corrected chi connectivity index (χ3v) is 4.70. The summed E-state index contributed by atoms with van der Waals surface area (Å²) in [5.41, 5.74) is 4.84. The molecule has 0 atom stereocenters. The second kappa shape index (κ2) is 7.67. The Balaban J connectivity index is 1.56. The number of amides is 1. The Kier molecular flexibility index (Phi) is 4.91. The van der Waals surface area contributed by atoms with E-state index in [0.717, 1.165) is 33.7 Å². The summed E-state index contributed by atoms with van der Waals surface area (Å²) < 4.78 is 15.4. The van der Waals surface area contributed by atoms with Crippen LogP contribution >= 0.6 is 0 Å². The molecule has 0 bridgehead atoms. The van der Waals surface area contributed by atoms with Crippen LogP contribution in [0.4, 0.5) is 10.1 Å². The van der Waals surface area contributed by atoms with Crippen LogP contribution in [0.5, 0.6) is 0 Å². The van der Waals surface area contributed by atoms with Gasteiger partial charge in [0.05, 0.1) is 11.0 Å². The molecule has 2 aromatic heterocycles. The zero-order chi connectivity index (χ0) is 20.4. The summed E-state index contributed by atoms with van der Waals surface area (Å²) in [6, 6.07) is 14.0. The molecule has 29 heavy (non-hydrogen) atoms. The number of aryl methyl sites for hydroxylation is 2. The molecule has 0 spiro atoms. The molecule has 0 saturated heterocycles. The second-order valence-corrected chi connectivity index (χ2v) is 6.77. The van der Waals surface area contributed by atoms with Crippen molar-refractivity contribution >= 4 is 28.7 Å². The highest BCUT2D eigenvalue weighted by molar-refractivity contribution is 6.02. The number of nitrogens with one attached hydrogen (secondary N) is 1. The molecule has 1 N–H and O–H groups in total. The zero-order valence-electron chi connectivity index (χ0n) is 16.1. The largest absolute Gasteiger partial charge is 0.327 e. The van der Waals surface area contributed by atoms with Crippen LogP contribution in [0.1, 0.15) is 11.1 Å². The maximum atomic E-state index is 13.5. The predicted octanol–water partition coefficient (Wildman–Crippen LogP) is 4.73. The third kappa shape index (κ3) is 3.91. The first-order chi connectivity index (χ1) is 14.0. The van der Waals surface area contributed by atoms with Crippen LogP contribution in [-0.4, -0.2) is 20.4 Å². The van der Waals surface area contributed by atoms with E-state index < -0.39 is 0 Å². The van der Waals surface area contributed by atoms with Crippen LogP contribution in [0.15, 0.2) is 67.0 Å². The number of hydrogen-bond acceptors (Lipinski definition) is 3. The van der Waals surface area contributed by atoms with Gasteiger partial charge in [-0.1, -0.05) is 6.07 Å². The van der Waals surface area contributed by atoms with Crippen molar-refractivity contribution < 1.29 is 9.18 Å². The summed E-state index contributed by atoms with van der Waals surface area (Å²) >= 11 is 0. The Labute approximate surface area is 167 Å². The quantitative estimate of drug-likeness (QED) is 0.516. The molecule has 2 aromatic carbocycles. The lowest BCUT2D eigenvalue weighted by Crippen LogP contribution is -2.09. The van der Waals surface area contributed by atoms with Gasteiger partial charge in [-0.05, 0) is 60.5 Å². The van der Waals surface area contributed by atoms with E-state index in [1.807, 2.05) is 48.9 Å². The summed E-state index contributed by atoms with van der Waals surface area (Å²) in [4.78, 5) is 20.8. The highest BCUT2D eigenvalue weighted by Gasteiger charge is 2.12. The molecule has 0 aliphatic carbocycles. The molecule has 0 unspecified atom stereocenters. The van der Waals surface area contributed by atoms with Gasteiger partial charge in [0.25, 0.3) is 0 Å². The van der Waals surface area contributed by atoms with Crippen molar-refractivity contribution in [3.05, 3.63) is 83.9 Å². The zero-order valence-corrected chi connectivity index (χ0v) is 16.1. The molecule has 1 amide bonds. The number of imidazole rings is 1. The van der Waals surface area contributed by atoms with Gasteiger partial charge in [0, 0.05) is 42.8 Å². The molecular weight excluding hydrogens is 367 g/mol. The second-order valence-electron chi connectivity index (χ2n) is 6.77. The van der Waals surface area contributed by atoms with Gasteiger partial charge in [-0.25, -0.2) is 9.37 Å². The van der Waals surface area contributed by atoms with Crippen molar-refractivity contribution in [3.8, 4) is 11.4 Å². The number of nitrogens with zero attached hydrogens (tertiary/aromatic N) is 3. The number of carbonyl (C=O) groups excluding carboxylic acids is 1. The average molecular weight is 386 g/mol. The lowest BCUT2D eigenvalue weighted by molar-refractivity contribution is -0.111. The smallest absolute Gasteiger partial charge is 0.248 e. The minimum Gasteiger partial charge on any atom is -0.327 e. The van der Waals surface area contributed by atoms with Crippen molar-refractivity contribution in [2.45, 2.75) is 6.92 Å². The SMILES string of the molecule is Cc1cc(-c2nc3cc(F)ccc3n2C)ccc1NC(=O)/C=C/c1cccnc1. The molecule has 2 heterocycles. The van der Waals surface area contributed by atoms with Gasteiger partial charge >= 0.3 is 0 Å². The van der Waals surface area contributed by atoms with E-state index in [4.69, 9.17) is 0 Å². The van der Waals surface area contributed by atoms with E-state index in [1.54, 1.807) is 24.5 Å². The van der Waals surface area contributed by atoms with Crippen molar-refractivity contribution in [1.82, 2.24) is 14.5 Å². The highest BCUT2D eigenvalue weighted by atomic mass is 19.1. The normalized spacial score (nSPS) is 11.3. The first kappa shape index (κ1) is 18.6. The Morgan fingerprint density at radius 3 is 2.79 bits per heavy atom. The molecule has 4 rings (SSSR count). The van der Waals surface area contributed by atoms with Crippen LogP contribution in [0.25, 0.3) is 28.5 Å². The number of hydrogen-bond donors (Lipinski definition) is 1.